The molecule has 1 aromatic carbocycles. The molecule has 1 aliphatic carbocycles. The highest BCUT2D eigenvalue weighted by Crippen LogP contribution is 2.35. The van der Waals surface area contributed by atoms with E-state index in [9.17, 15) is 14.7 Å². The van der Waals surface area contributed by atoms with Gasteiger partial charge in [0, 0.05) is 23.4 Å². The zero-order chi connectivity index (χ0) is 21.6. The second kappa shape index (κ2) is 10.0. The number of nitrogens with one attached hydrogen (secondary N) is 1. The maximum Gasteiger partial charge on any atom is 0.310 e. The molecule has 0 unspecified atom stereocenters. The van der Waals surface area contributed by atoms with Crippen molar-refractivity contribution in [1.29, 1.82) is 0 Å². The molecule has 1 heterocycles. The summed E-state index contributed by atoms with van der Waals surface area (Å²) < 4.78 is 0. The van der Waals surface area contributed by atoms with Gasteiger partial charge in [0.05, 0.1) is 11.1 Å². The van der Waals surface area contributed by atoms with Gasteiger partial charge in [-0.05, 0) is 49.5 Å². The van der Waals surface area contributed by atoms with Crippen molar-refractivity contribution in [3.8, 4) is 0 Å². The topological polar surface area (TPSA) is 79.3 Å². The zero-order valence-electron chi connectivity index (χ0n) is 17.7. The van der Waals surface area contributed by atoms with E-state index in [0.29, 0.717) is 24.4 Å². The van der Waals surface area contributed by atoms with Crippen LogP contribution in [0.3, 0.4) is 0 Å². The summed E-state index contributed by atoms with van der Waals surface area (Å²) in [5, 5.41) is 15.5. The van der Waals surface area contributed by atoms with Crippen LogP contribution in [0.25, 0.3) is 12.2 Å². The number of aromatic nitrogens is 1. The summed E-state index contributed by atoms with van der Waals surface area (Å²) in [4.78, 5) is 28.9. The molecular formula is C24H30N2O3S. The Hall–Kier alpha value is -2.47. The smallest absolute Gasteiger partial charge is 0.310 e. The van der Waals surface area contributed by atoms with Crippen LogP contribution in [0.4, 0.5) is 5.69 Å². The van der Waals surface area contributed by atoms with E-state index < -0.39 is 11.4 Å². The normalized spacial score (nSPS) is 15.0. The van der Waals surface area contributed by atoms with Gasteiger partial charge >= 0.3 is 5.97 Å². The molecule has 1 amide bonds. The number of carbonyl (C=O) groups is 2. The molecule has 0 radical (unpaired) electrons. The number of carbonyl (C=O) groups excluding carboxylic acids is 1. The number of hydrogen-bond donors (Lipinski definition) is 2. The number of rotatable bonds is 9. The Labute approximate surface area is 182 Å². The summed E-state index contributed by atoms with van der Waals surface area (Å²) in [5.74, 6) is -0.575. The van der Waals surface area contributed by atoms with Crippen molar-refractivity contribution >= 4 is 41.1 Å². The van der Waals surface area contributed by atoms with Gasteiger partial charge in [-0.25, -0.2) is 4.98 Å². The monoisotopic (exact) mass is 426 g/mol. The van der Waals surface area contributed by atoms with Crippen LogP contribution >= 0.6 is 11.3 Å². The predicted octanol–water partition coefficient (Wildman–Crippen LogP) is 6.19. The minimum absolute atomic E-state index is 0.0293. The third-order valence-electron chi connectivity index (χ3n) is 6.21. The van der Waals surface area contributed by atoms with Crippen molar-refractivity contribution in [3.63, 3.8) is 0 Å². The van der Waals surface area contributed by atoms with Crippen LogP contribution < -0.4 is 5.32 Å². The van der Waals surface area contributed by atoms with Gasteiger partial charge in [-0.1, -0.05) is 44.9 Å². The molecule has 0 bridgehead atoms. The van der Waals surface area contributed by atoms with Crippen molar-refractivity contribution in [2.75, 3.05) is 5.32 Å². The van der Waals surface area contributed by atoms with Crippen LogP contribution in [-0.2, 0) is 9.59 Å². The molecule has 1 aromatic heterocycles. The number of anilines is 1. The lowest BCUT2D eigenvalue weighted by Crippen LogP contribution is -2.34. The van der Waals surface area contributed by atoms with Gasteiger partial charge in [-0.15, -0.1) is 11.3 Å². The second-order valence-electron chi connectivity index (χ2n) is 8.07. The van der Waals surface area contributed by atoms with Crippen molar-refractivity contribution in [2.45, 2.75) is 64.7 Å². The Morgan fingerprint density at radius 1 is 1.23 bits per heavy atom. The van der Waals surface area contributed by atoms with E-state index in [1.54, 1.807) is 11.3 Å². The molecule has 0 atom stereocenters. The Bertz CT molecular complexity index is 909. The lowest BCUT2D eigenvalue weighted by Gasteiger charge is -2.25. The van der Waals surface area contributed by atoms with Crippen LogP contribution in [0.15, 0.2) is 29.6 Å². The predicted molar refractivity (Wildman–Crippen MR) is 123 cm³/mol. The molecular weight excluding hydrogens is 396 g/mol. The van der Waals surface area contributed by atoms with Crippen molar-refractivity contribution in [3.05, 3.63) is 45.9 Å². The van der Waals surface area contributed by atoms with Gasteiger partial charge in [-0.2, -0.15) is 0 Å². The minimum Gasteiger partial charge on any atom is -0.481 e. The molecule has 1 fully saturated rings. The summed E-state index contributed by atoms with van der Waals surface area (Å²) >= 11 is 1.66. The van der Waals surface area contributed by atoms with Crippen molar-refractivity contribution in [1.82, 2.24) is 4.98 Å². The minimum atomic E-state index is -1.01. The summed E-state index contributed by atoms with van der Waals surface area (Å²) in [6.07, 6.45) is 9.91. The van der Waals surface area contributed by atoms with E-state index in [1.165, 1.54) is 31.4 Å². The summed E-state index contributed by atoms with van der Waals surface area (Å²) in [6, 6.07) is 7.56. The van der Waals surface area contributed by atoms with Crippen LogP contribution in [0.2, 0.25) is 0 Å². The molecule has 0 saturated heterocycles. The number of nitrogens with zero attached hydrogens (tertiary/aromatic N) is 1. The lowest BCUT2D eigenvalue weighted by molar-refractivity contribution is -0.151. The molecule has 3 rings (SSSR count). The van der Waals surface area contributed by atoms with Crippen LogP contribution in [0.1, 0.15) is 81.0 Å². The average Bonchev–Trinajstić information content (AvgIpc) is 3.42. The molecule has 2 N–H and O–H groups in total. The van der Waals surface area contributed by atoms with Gasteiger partial charge in [0.25, 0.3) is 0 Å². The number of hydrogen-bond acceptors (Lipinski definition) is 4. The molecule has 5 nitrogen and oxygen atoms in total. The van der Waals surface area contributed by atoms with Gasteiger partial charge in [0.1, 0.15) is 5.01 Å². The van der Waals surface area contributed by atoms with Crippen molar-refractivity contribution in [2.24, 2.45) is 5.41 Å². The first-order valence-electron chi connectivity index (χ1n) is 10.7. The number of aliphatic carboxylic acids is 1. The number of carboxylic acid groups (broad SMARTS) is 1. The van der Waals surface area contributed by atoms with E-state index in [1.807, 2.05) is 50.3 Å². The highest BCUT2D eigenvalue weighted by molar-refractivity contribution is 7.10. The van der Waals surface area contributed by atoms with E-state index >= 15 is 0 Å². The number of carboxylic acids is 1. The van der Waals surface area contributed by atoms with Crippen LogP contribution in [0, 0.1) is 5.41 Å². The average molecular weight is 427 g/mol. The Morgan fingerprint density at radius 2 is 1.97 bits per heavy atom. The van der Waals surface area contributed by atoms with E-state index in [4.69, 9.17) is 4.98 Å². The standard InChI is InChI=1S/C24H30N2O3S/c1-3-24(4-2,23(28)29)15-21(27)25-19-11-7-8-17(14-19)12-13-22-26-20(16-30-22)18-9-5-6-10-18/h7-8,11-14,16,18H,3-6,9-10,15H2,1-2H3,(H,25,27)(H,28,29)/b13-12+. The number of thiazole rings is 1. The number of benzene rings is 1. The fourth-order valence-electron chi connectivity index (χ4n) is 4.06. The van der Waals surface area contributed by atoms with E-state index in [2.05, 4.69) is 10.7 Å². The quantitative estimate of drug-likeness (QED) is 0.501. The highest BCUT2D eigenvalue weighted by Gasteiger charge is 2.37. The second-order valence-corrected chi connectivity index (χ2v) is 8.96. The fourth-order valence-corrected chi connectivity index (χ4v) is 4.86. The van der Waals surface area contributed by atoms with E-state index in [0.717, 1.165) is 10.6 Å². The van der Waals surface area contributed by atoms with Crippen molar-refractivity contribution < 1.29 is 14.7 Å². The van der Waals surface area contributed by atoms with Crippen LogP contribution in [0.5, 0.6) is 0 Å². The molecule has 1 saturated carbocycles. The van der Waals surface area contributed by atoms with E-state index in [-0.39, 0.29) is 12.3 Å². The maximum absolute atomic E-state index is 12.5. The maximum atomic E-state index is 12.5. The first kappa shape index (κ1) is 22.2. The molecule has 30 heavy (non-hydrogen) atoms. The molecule has 2 aromatic rings. The summed E-state index contributed by atoms with van der Waals surface area (Å²) in [7, 11) is 0. The molecule has 1 aliphatic rings. The Kier molecular flexibility index (Phi) is 7.43. The summed E-state index contributed by atoms with van der Waals surface area (Å²) in [5.41, 5.74) is 1.83. The highest BCUT2D eigenvalue weighted by atomic mass is 32.1. The Balaban J connectivity index is 1.63. The number of amides is 1. The largest absolute Gasteiger partial charge is 0.481 e. The van der Waals surface area contributed by atoms with Crippen LogP contribution in [-0.4, -0.2) is 22.0 Å². The molecule has 0 spiro atoms. The summed E-state index contributed by atoms with van der Waals surface area (Å²) in [6.45, 7) is 3.63. The van der Waals surface area contributed by atoms with Gasteiger partial charge in [-0.3, -0.25) is 9.59 Å². The zero-order valence-corrected chi connectivity index (χ0v) is 18.5. The molecule has 0 aliphatic heterocycles. The molecule has 160 valence electrons. The van der Waals surface area contributed by atoms with Gasteiger partial charge < -0.3 is 10.4 Å². The fraction of sp³-hybridized carbons (Fsp3) is 0.458. The third-order valence-corrected chi connectivity index (χ3v) is 7.04. The SMILES string of the molecule is CCC(CC)(CC(=O)Nc1cccc(/C=C/c2nc(C3CCCC3)cs2)c1)C(=O)O. The first-order valence-corrected chi connectivity index (χ1v) is 11.6. The van der Waals surface area contributed by atoms with Gasteiger partial charge in [0.2, 0.25) is 5.91 Å². The Morgan fingerprint density at radius 3 is 2.63 bits per heavy atom. The molecule has 6 heteroatoms. The first-order chi connectivity index (χ1) is 14.5. The van der Waals surface area contributed by atoms with Gasteiger partial charge in [0.15, 0.2) is 0 Å². The lowest BCUT2D eigenvalue weighted by atomic mass is 9.79. The third kappa shape index (κ3) is 5.36.